The van der Waals surface area contributed by atoms with E-state index in [0.29, 0.717) is 44.3 Å². The Bertz CT molecular complexity index is 857. The van der Waals surface area contributed by atoms with Crippen molar-refractivity contribution in [3.63, 3.8) is 0 Å². The maximum atomic E-state index is 12.6. The molecule has 29 heavy (non-hydrogen) atoms. The number of aromatic hydroxyl groups is 2. The third-order valence-electron chi connectivity index (χ3n) is 4.57. The lowest BCUT2D eigenvalue weighted by molar-refractivity contribution is -0.134. The van der Waals surface area contributed by atoms with Gasteiger partial charge in [-0.15, -0.1) is 0 Å². The molecule has 3 rings (SSSR count). The molecule has 0 aromatic heterocycles. The molecular weight excluding hydrogens is 376 g/mol. The number of carbonyl (C=O) groups is 2. The molecule has 1 heterocycles. The number of ether oxygens (including phenoxy) is 2. The van der Waals surface area contributed by atoms with E-state index in [1.807, 2.05) is 19.1 Å². The average molecular weight is 400 g/mol. The van der Waals surface area contributed by atoms with Crippen LogP contribution in [0.5, 0.6) is 23.0 Å². The van der Waals surface area contributed by atoms with Gasteiger partial charge in [0.05, 0.1) is 6.61 Å². The Kier molecular flexibility index (Phi) is 6.43. The van der Waals surface area contributed by atoms with Crippen LogP contribution in [0.3, 0.4) is 0 Å². The fourth-order valence-electron chi connectivity index (χ4n) is 3.14. The standard InChI is InChI=1S/C21H24N2O6/c1-2-28-18-5-3-4-6-19(18)29-14-20(26)22-7-9-23(10-8-22)21(27)15-11-16(24)13-17(25)12-15/h3-6,11-13,24-25H,2,7-10,14H2,1H3. The first kappa shape index (κ1) is 20.3. The number of piperazine rings is 1. The summed E-state index contributed by atoms with van der Waals surface area (Å²) in [5.41, 5.74) is 0.207. The van der Waals surface area contributed by atoms with E-state index in [1.54, 1.807) is 21.9 Å². The molecule has 8 nitrogen and oxygen atoms in total. The Morgan fingerprint density at radius 2 is 1.45 bits per heavy atom. The van der Waals surface area contributed by atoms with E-state index in [-0.39, 0.29) is 35.5 Å². The van der Waals surface area contributed by atoms with Crippen molar-refractivity contribution in [1.82, 2.24) is 9.80 Å². The fourth-order valence-corrected chi connectivity index (χ4v) is 3.14. The molecule has 154 valence electrons. The number of hydrogen-bond acceptors (Lipinski definition) is 6. The number of nitrogens with zero attached hydrogens (tertiary/aromatic N) is 2. The molecule has 1 fully saturated rings. The summed E-state index contributed by atoms with van der Waals surface area (Å²) < 4.78 is 11.1. The zero-order valence-corrected chi connectivity index (χ0v) is 16.2. The second-order valence-corrected chi connectivity index (χ2v) is 6.58. The maximum Gasteiger partial charge on any atom is 0.260 e. The first-order valence-electron chi connectivity index (χ1n) is 9.42. The van der Waals surface area contributed by atoms with Gasteiger partial charge in [0.25, 0.3) is 11.8 Å². The molecule has 0 unspecified atom stereocenters. The summed E-state index contributed by atoms with van der Waals surface area (Å²) in [6, 6.07) is 11.0. The smallest absolute Gasteiger partial charge is 0.260 e. The Morgan fingerprint density at radius 3 is 2.03 bits per heavy atom. The van der Waals surface area contributed by atoms with Crippen molar-refractivity contribution in [3.05, 3.63) is 48.0 Å². The molecule has 0 spiro atoms. The van der Waals surface area contributed by atoms with Crippen molar-refractivity contribution in [1.29, 1.82) is 0 Å². The molecule has 0 aliphatic carbocycles. The van der Waals surface area contributed by atoms with E-state index < -0.39 is 0 Å². The number of hydrogen-bond donors (Lipinski definition) is 2. The summed E-state index contributed by atoms with van der Waals surface area (Å²) in [5.74, 6) is 0.287. The lowest BCUT2D eigenvalue weighted by Gasteiger charge is -2.34. The Hall–Kier alpha value is -3.42. The minimum absolute atomic E-state index is 0.113. The van der Waals surface area contributed by atoms with E-state index >= 15 is 0 Å². The highest BCUT2D eigenvalue weighted by atomic mass is 16.5. The van der Waals surface area contributed by atoms with E-state index in [9.17, 15) is 19.8 Å². The van der Waals surface area contributed by atoms with E-state index in [4.69, 9.17) is 9.47 Å². The van der Waals surface area contributed by atoms with Crippen LogP contribution >= 0.6 is 0 Å². The second-order valence-electron chi connectivity index (χ2n) is 6.58. The van der Waals surface area contributed by atoms with Gasteiger partial charge in [0.15, 0.2) is 18.1 Å². The van der Waals surface area contributed by atoms with Crippen LogP contribution in [0.4, 0.5) is 0 Å². The highest BCUT2D eigenvalue weighted by Crippen LogP contribution is 2.26. The number of carbonyl (C=O) groups excluding carboxylic acids is 2. The third kappa shape index (κ3) is 5.10. The first-order chi connectivity index (χ1) is 14.0. The van der Waals surface area contributed by atoms with Gasteiger partial charge in [0.2, 0.25) is 0 Å². The predicted molar refractivity (Wildman–Crippen MR) is 105 cm³/mol. The minimum atomic E-state index is -0.301. The van der Waals surface area contributed by atoms with Gasteiger partial charge in [0, 0.05) is 37.8 Å². The van der Waals surface area contributed by atoms with E-state index in [1.165, 1.54) is 12.1 Å². The maximum absolute atomic E-state index is 12.6. The van der Waals surface area contributed by atoms with Crippen molar-refractivity contribution in [3.8, 4) is 23.0 Å². The van der Waals surface area contributed by atoms with Crippen LogP contribution < -0.4 is 9.47 Å². The first-order valence-corrected chi connectivity index (χ1v) is 9.42. The second kappa shape index (κ2) is 9.18. The molecular formula is C21H24N2O6. The lowest BCUT2D eigenvalue weighted by Crippen LogP contribution is -2.51. The molecule has 1 aliphatic heterocycles. The molecule has 0 radical (unpaired) electrons. The molecule has 2 N–H and O–H groups in total. The van der Waals surface area contributed by atoms with Crippen LogP contribution in [0.2, 0.25) is 0 Å². The highest BCUT2D eigenvalue weighted by Gasteiger charge is 2.25. The number of rotatable bonds is 6. The summed E-state index contributed by atoms with van der Waals surface area (Å²) in [7, 11) is 0. The van der Waals surface area contributed by atoms with Crippen molar-refractivity contribution in [2.24, 2.45) is 0 Å². The van der Waals surface area contributed by atoms with Crippen molar-refractivity contribution in [2.75, 3.05) is 39.4 Å². The SMILES string of the molecule is CCOc1ccccc1OCC(=O)N1CCN(C(=O)c2cc(O)cc(O)c2)CC1. The normalized spacial score (nSPS) is 13.8. The summed E-state index contributed by atoms with van der Waals surface area (Å²) in [6.45, 7) is 3.74. The fraction of sp³-hybridized carbons (Fsp3) is 0.333. The van der Waals surface area contributed by atoms with Gasteiger partial charge in [-0.3, -0.25) is 9.59 Å². The number of para-hydroxylation sites is 2. The number of amides is 2. The summed E-state index contributed by atoms with van der Waals surface area (Å²) in [6.07, 6.45) is 0. The zero-order chi connectivity index (χ0) is 20.8. The predicted octanol–water partition coefficient (Wildman–Crippen LogP) is 1.86. The summed E-state index contributed by atoms with van der Waals surface area (Å²) in [4.78, 5) is 28.3. The van der Waals surface area contributed by atoms with Gasteiger partial charge >= 0.3 is 0 Å². The number of benzene rings is 2. The van der Waals surface area contributed by atoms with Crippen LogP contribution in [0.15, 0.2) is 42.5 Å². The molecule has 2 aromatic rings. The molecule has 1 aliphatic rings. The van der Waals surface area contributed by atoms with Gasteiger partial charge in [0.1, 0.15) is 11.5 Å². The van der Waals surface area contributed by atoms with Crippen LogP contribution in [0.25, 0.3) is 0 Å². The quantitative estimate of drug-likeness (QED) is 0.768. The van der Waals surface area contributed by atoms with Gasteiger partial charge < -0.3 is 29.5 Å². The number of phenols is 2. The number of phenolic OH excluding ortho intramolecular Hbond substituents is 2. The molecule has 1 saturated heterocycles. The zero-order valence-electron chi connectivity index (χ0n) is 16.2. The Labute approximate surface area is 168 Å². The summed E-state index contributed by atoms with van der Waals surface area (Å²) >= 11 is 0. The third-order valence-corrected chi connectivity index (χ3v) is 4.57. The molecule has 0 atom stereocenters. The van der Waals surface area contributed by atoms with Gasteiger partial charge in [-0.2, -0.15) is 0 Å². The Balaban J connectivity index is 1.52. The molecule has 2 amide bonds. The van der Waals surface area contributed by atoms with Gasteiger partial charge in [-0.1, -0.05) is 12.1 Å². The van der Waals surface area contributed by atoms with E-state index in [0.717, 1.165) is 6.07 Å². The van der Waals surface area contributed by atoms with Crippen LogP contribution in [0, 0.1) is 0 Å². The molecule has 8 heteroatoms. The topological polar surface area (TPSA) is 99.5 Å². The highest BCUT2D eigenvalue weighted by molar-refractivity contribution is 5.95. The van der Waals surface area contributed by atoms with Crippen molar-refractivity contribution in [2.45, 2.75) is 6.92 Å². The molecule has 2 aromatic carbocycles. The van der Waals surface area contributed by atoms with Crippen LogP contribution in [-0.2, 0) is 4.79 Å². The van der Waals surface area contributed by atoms with Crippen molar-refractivity contribution < 1.29 is 29.3 Å². The Morgan fingerprint density at radius 1 is 0.897 bits per heavy atom. The van der Waals surface area contributed by atoms with Crippen molar-refractivity contribution >= 4 is 11.8 Å². The lowest BCUT2D eigenvalue weighted by atomic mass is 10.1. The molecule has 0 saturated carbocycles. The monoisotopic (exact) mass is 400 g/mol. The van der Waals surface area contributed by atoms with E-state index in [2.05, 4.69) is 0 Å². The van der Waals surface area contributed by atoms with Crippen LogP contribution in [-0.4, -0.2) is 71.2 Å². The summed E-state index contributed by atoms with van der Waals surface area (Å²) in [5, 5.41) is 19.1. The molecule has 0 bridgehead atoms. The van der Waals surface area contributed by atoms with Crippen LogP contribution in [0.1, 0.15) is 17.3 Å². The van der Waals surface area contributed by atoms with Gasteiger partial charge in [-0.05, 0) is 31.2 Å². The minimum Gasteiger partial charge on any atom is -0.508 e. The van der Waals surface area contributed by atoms with Gasteiger partial charge in [-0.25, -0.2) is 0 Å². The largest absolute Gasteiger partial charge is 0.508 e. The average Bonchev–Trinajstić information content (AvgIpc) is 2.72.